The Bertz CT molecular complexity index is 1210. The number of halogens is 1. The zero-order valence-corrected chi connectivity index (χ0v) is 21.9. The van der Waals surface area contributed by atoms with Crippen molar-refractivity contribution in [1.29, 1.82) is 5.26 Å². The lowest BCUT2D eigenvalue weighted by Gasteiger charge is -2.25. The summed E-state index contributed by atoms with van der Waals surface area (Å²) in [5, 5.41) is 11.6. The Hall–Kier alpha value is -3.46. The van der Waals surface area contributed by atoms with Gasteiger partial charge in [0.25, 0.3) is 0 Å². The monoisotopic (exact) mass is 502 g/mol. The molecule has 5 nitrogen and oxygen atoms in total. The van der Waals surface area contributed by atoms with Crippen LogP contribution in [0.5, 0.6) is 0 Å². The van der Waals surface area contributed by atoms with Crippen molar-refractivity contribution in [2.75, 3.05) is 5.32 Å². The van der Waals surface area contributed by atoms with E-state index in [0.717, 1.165) is 55.2 Å². The number of rotatable bonds is 8. The van der Waals surface area contributed by atoms with Gasteiger partial charge in [-0.25, -0.2) is 4.39 Å². The van der Waals surface area contributed by atoms with Crippen molar-refractivity contribution in [3.8, 4) is 6.07 Å². The molecule has 1 amide bonds. The number of allylic oxidation sites excluding steroid dienone is 1. The number of hydrogen-bond donors (Lipinski definition) is 1. The lowest BCUT2D eigenvalue weighted by atomic mass is 9.83. The molecule has 4 rings (SSSR count). The number of ether oxygens (including phenoxy) is 1. The Morgan fingerprint density at radius 3 is 2.43 bits per heavy atom. The van der Waals surface area contributed by atoms with Crippen molar-refractivity contribution in [1.82, 2.24) is 0 Å². The van der Waals surface area contributed by atoms with E-state index in [-0.39, 0.29) is 23.5 Å². The number of amides is 1. The van der Waals surface area contributed by atoms with Crippen LogP contribution in [-0.2, 0) is 20.7 Å². The Labute approximate surface area is 218 Å². The Morgan fingerprint density at radius 1 is 1.16 bits per heavy atom. The average Bonchev–Trinajstić information content (AvgIpc) is 3.43. The van der Waals surface area contributed by atoms with E-state index in [1.165, 1.54) is 12.1 Å². The minimum Gasteiger partial charge on any atom is -0.460 e. The predicted molar refractivity (Wildman–Crippen MR) is 142 cm³/mol. The molecule has 1 N–H and O–H groups in total. The second kappa shape index (κ2) is 10.9. The van der Waals surface area contributed by atoms with Gasteiger partial charge in [-0.2, -0.15) is 5.26 Å². The number of nitriles is 1. The van der Waals surface area contributed by atoms with Gasteiger partial charge in [-0.15, -0.1) is 0 Å². The molecule has 2 aromatic rings. The van der Waals surface area contributed by atoms with E-state index in [1.807, 2.05) is 51.1 Å². The van der Waals surface area contributed by atoms with Gasteiger partial charge in [0.15, 0.2) is 0 Å². The first-order valence-corrected chi connectivity index (χ1v) is 13.1. The van der Waals surface area contributed by atoms with Gasteiger partial charge in [0, 0.05) is 6.08 Å². The molecule has 1 atom stereocenters. The van der Waals surface area contributed by atoms with Crippen LogP contribution in [0.2, 0.25) is 0 Å². The highest BCUT2D eigenvalue weighted by atomic mass is 19.1. The topological polar surface area (TPSA) is 79.2 Å². The number of esters is 1. The Kier molecular flexibility index (Phi) is 7.82. The third-order valence-corrected chi connectivity index (χ3v) is 7.32. The van der Waals surface area contributed by atoms with Crippen LogP contribution in [0.4, 0.5) is 10.1 Å². The molecule has 194 valence electrons. The third-order valence-electron chi connectivity index (χ3n) is 7.32. The zero-order valence-electron chi connectivity index (χ0n) is 21.9. The molecule has 2 aliphatic carbocycles. The van der Waals surface area contributed by atoms with Crippen LogP contribution in [0.3, 0.4) is 0 Å². The van der Waals surface area contributed by atoms with Crippen molar-refractivity contribution in [3.63, 3.8) is 0 Å². The normalized spacial score (nSPS) is 17.8. The summed E-state index contributed by atoms with van der Waals surface area (Å²) in [7, 11) is 0. The van der Waals surface area contributed by atoms with Gasteiger partial charge in [-0.05, 0) is 93.7 Å². The fraction of sp³-hybridized carbons (Fsp3) is 0.452. The highest BCUT2D eigenvalue weighted by Crippen LogP contribution is 2.50. The smallest absolute Gasteiger partial charge is 0.312 e. The van der Waals surface area contributed by atoms with Crippen LogP contribution < -0.4 is 5.32 Å². The molecular formula is C31H35FN2O3. The van der Waals surface area contributed by atoms with Crippen molar-refractivity contribution < 1.29 is 18.7 Å². The number of carbonyl (C=O) groups is 2. The van der Waals surface area contributed by atoms with Crippen LogP contribution in [-0.4, -0.2) is 17.5 Å². The first-order valence-electron chi connectivity index (χ1n) is 13.1. The molecule has 37 heavy (non-hydrogen) atoms. The summed E-state index contributed by atoms with van der Waals surface area (Å²) >= 11 is 0. The molecule has 0 aromatic heterocycles. The lowest BCUT2D eigenvalue weighted by Crippen LogP contribution is -2.31. The molecule has 0 aliphatic heterocycles. The molecule has 6 heteroatoms. The number of benzene rings is 2. The van der Waals surface area contributed by atoms with E-state index in [9.17, 15) is 14.0 Å². The van der Waals surface area contributed by atoms with Gasteiger partial charge < -0.3 is 10.1 Å². The van der Waals surface area contributed by atoms with Crippen LogP contribution in [0.15, 0.2) is 48.5 Å². The molecule has 0 saturated heterocycles. The summed E-state index contributed by atoms with van der Waals surface area (Å²) in [4.78, 5) is 26.3. The molecule has 2 aromatic carbocycles. The minimum absolute atomic E-state index is 0.138. The summed E-state index contributed by atoms with van der Waals surface area (Å²) < 4.78 is 20.5. The van der Waals surface area contributed by atoms with E-state index >= 15 is 0 Å². The predicted octanol–water partition coefficient (Wildman–Crippen LogP) is 6.94. The van der Waals surface area contributed by atoms with Crippen LogP contribution in [0.1, 0.15) is 81.9 Å². The standard InChI is InChI=1S/C31H35FN2O3/c1-30(2,3)37-29(36)31(16-17-31)20-22-12-15-25(32)26(19-22)34-28(35)27(23-8-4-5-9-23)24-13-10-21(11-14-24)7-6-18-33/h6-7,10-15,19,23,27H,4-5,8-9,16-17,20H2,1-3H3,(H,34,35)/b7-6+/t27-/m0/s1. The molecule has 2 saturated carbocycles. The third kappa shape index (κ3) is 6.65. The highest BCUT2D eigenvalue weighted by molar-refractivity contribution is 5.96. The number of anilines is 1. The first-order chi connectivity index (χ1) is 17.6. The largest absolute Gasteiger partial charge is 0.460 e. The minimum atomic E-state index is -0.569. The maximum Gasteiger partial charge on any atom is 0.312 e. The van der Waals surface area contributed by atoms with E-state index in [1.54, 1.807) is 18.2 Å². The Balaban J connectivity index is 1.53. The van der Waals surface area contributed by atoms with Gasteiger partial charge in [0.1, 0.15) is 11.4 Å². The first kappa shape index (κ1) is 26.6. The van der Waals surface area contributed by atoms with Gasteiger partial charge in [-0.3, -0.25) is 9.59 Å². The quantitative estimate of drug-likeness (QED) is 0.313. The van der Waals surface area contributed by atoms with Crippen LogP contribution >= 0.6 is 0 Å². The summed E-state index contributed by atoms with van der Waals surface area (Å²) in [6, 6.07) is 14.3. The summed E-state index contributed by atoms with van der Waals surface area (Å²) in [6.07, 6.45) is 9.13. The molecule has 2 aliphatic rings. The SMILES string of the molecule is CC(C)(C)OC(=O)C1(Cc2ccc(F)c(NC(=O)[C@H](c3ccc(/C=C/C#N)cc3)C3CCCC3)c2)CC1. The number of nitrogens with one attached hydrogen (secondary N) is 1. The van der Waals surface area contributed by atoms with Crippen molar-refractivity contribution in [3.05, 3.63) is 71.0 Å². The number of carbonyl (C=O) groups excluding carboxylic acids is 2. The fourth-order valence-corrected chi connectivity index (χ4v) is 5.25. The number of hydrogen-bond acceptors (Lipinski definition) is 4. The highest BCUT2D eigenvalue weighted by Gasteiger charge is 2.52. The van der Waals surface area contributed by atoms with Gasteiger partial charge in [0.05, 0.1) is 23.1 Å². The fourth-order valence-electron chi connectivity index (χ4n) is 5.25. The van der Waals surface area contributed by atoms with E-state index in [4.69, 9.17) is 10.00 Å². The maximum absolute atomic E-state index is 14.8. The molecule has 0 bridgehead atoms. The molecule has 2 fully saturated rings. The second-order valence-corrected chi connectivity index (χ2v) is 11.4. The summed E-state index contributed by atoms with van der Waals surface area (Å²) in [5.41, 5.74) is 1.57. The van der Waals surface area contributed by atoms with E-state index < -0.39 is 22.8 Å². The molecule has 0 heterocycles. The van der Waals surface area contributed by atoms with Gasteiger partial charge in [-0.1, -0.05) is 43.2 Å². The zero-order chi connectivity index (χ0) is 26.6. The molecule has 0 radical (unpaired) electrons. The lowest BCUT2D eigenvalue weighted by molar-refractivity contribution is -0.161. The molecular weight excluding hydrogens is 467 g/mol. The van der Waals surface area contributed by atoms with Crippen molar-refractivity contribution in [2.24, 2.45) is 11.3 Å². The second-order valence-electron chi connectivity index (χ2n) is 11.4. The average molecular weight is 503 g/mol. The van der Waals surface area contributed by atoms with E-state index in [2.05, 4.69) is 5.32 Å². The Morgan fingerprint density at radius 2 is 1.84 bits per heavy atom. The number of nitrogens with zero attached hydrogens (tertiary/aromatic N) is 1. The maximum atomic E-state index is 14.8. The van der Waals surface area contributed by atoms with Crippen LogP contribution in [0.25, 0.3) is 6.08 Å². The van der Waals surface area contributed by atoms with Crippen molar-refractivity contribution in [2.45, 2.75) is 77.2 Å². The summed E-state index contributed by atoms with van der Waals surface area (Å²) in [5.74, 6) is -1.15. The molecule has 0 unspecified atom stereocenters. The van der Waals surface area contributed by atoms with E-state index in [0.29, 0.717) is 6.42 Å². The molecule has 0 spiro atoms. The van der Waals surface area contributed by atoms with Gasteiger partial charge in [0.2, 0.25) is 5.91 Å². The van der Waals surface area contributed by atoms with Crippen LogP contribution in [0, 0.1) is 28.5 Å². The summed E-state index contributed by atoms with van der Waals surface area (Å²) in [6.45, 7) is 5.55. The van der Waals surface area contributed by atoms with Gasteiger partial charge >= 0.3 is 5.97 Å². The van der Waals surface area contributed by atoms with Crippen molar-refractivity contribution >= 4 is 23.6 Å².